The smallest absolute Gasteiger partial charge is 0.0330 e. The van der Waals surface area contributed by atoms with E-state index >= 15 is 0 Å². The predicted octanol–water partition coefficient (Wildman–Crippen LogP) is 1.96. The monoisotopic (exact) mass is 192 g/mol. The van der Waals surface area contributed by atoms with Gasteiger partial charge in [0.15, 0.2) is 0 Å². The van der Waals surface area contributed by atoms with Gasteiger partial charge in [-0.25, -0.2) is 0 Å². The minimum atomic E-state index is 0.480. The van der Waals surface area contributed by atoms with Crippen molar-refractivity contribution in [2.75, 3.05) is 13.1 Å². The number of hydrogen-bond donors (Lipinski definition) is 2. The molecule has 0 radical (unpaired) electrons. The quantitative estimate of drug-likeness (QED) is 0.702. The SMILES string of the molecule is C/C1=C(\CCN)C(C)/C=C\C=C/CN1. The number of allylic oxidation sites excluding steroid dienone is 4. The fourth-order valence-electron chi connectivity index (χ4n) is 1.73. The second-order valence-electron chi connectivity index (χ2n) is 3.67. The first-order valence-corrected chi connectivity index (χ1v) is 5.22. The average molecular weight is 192 g/mol. The van der Waals surface area contributed by atoms with Crippen LogP contribution < -0.4 is 11.1 Å². The summed E-state index contributed by atoms with van der Waals surface area (Å²) in [5, 5.41) is 3.39. The van der Waals surface area contributed by atoms with Crippen LogP contribution in [0.4, 0.5) is 0 Å². The van der Waals surface area contributed by atoms with Crippen LogP contribution in [0.25, 0.3) is 0 Å². The first kappa shape index (κ1) is 11.1. The summed E-state index contributed by atoms with van der Waals surface area (Å²) < 4.78 is 0. The Bertz CT molecular complexity index is 261. The molecular formula is C12H20N2. The van der Waals surface area contributed by atoms with Crippen LogP contribution in [0.1, 0.15) is 20.3 Å². The minimum Gasteiger partial charge on any atom is -0.385 e. The molecule has 1 heterocycles. The number of hydrogen-bond acceptors (Lipinski definition) is 2. The van der Waals surface area contributed by atoms with E-state index in [4.69, 9.17) is 5.73 Å². The number of nitrogens with one attached hydrogen (secondary N) is 1. The van der Waals surface area contributed by atoms with Crippen molar-refractivity contribution < 1.29 is 0 Å². The summed E-state index contributed by atoms with van der Waals surface area (Å²) in [5.74, 6) is 0.480. The van der Waals surface area contributed by atoms with Gasteiger partial charge >= 0.3 is 0 Å². The van der Waals surface area contributed by atoms with E-state index in [0.29, 0.717) is 5.92 Å². The highest BCUT2D eigenvalue weighted by Gasteiger charge is 2.08. The van der Waals surface area contributed by atoms with Crippen LogP contribution in [0.2, 0.25) is 0 Å². The molecule has 0 spiro atoms. The average Bonchev–Trinajstić information content (AvgIpc) is 2.24. The molecule has 0 aliphatic carbocycles. The molecule has 1 aliphatic rings. The van der Waals surface area contributed by atoms with Crippen LogP contribution in [0.3, 0.4) is 0 Å². The molecule has 0 fully saturated rings. The Morgan fingerprint density at radius 1 is 1.50 bits per heavy atom. The molecule has 0 saturated heterocycles. The summed E-state index contributed by atoms with van der Waals surface area (Å²) >= 11 is 0. The van der Waals surface area contributed by atoms with Crippen LogP contribution in [0, 0.1) is 5.92 Å². The molecule has 2 heteroatoms. The Morgan fingerprint density at radius 2 is 2.29 bits per heavy atom. The van der Waals surface area contributed by atoms with Gasteiger partial charge in [-0.2, -0.15) is 0 Å². The second kappa shape index (κ2) is 5.66. The highest BCUT2D eigenvalue weighted by Crippen LogP contribution is 2.19. The van der Waals surface area contributed by atoms with Crippen LogP contribution >= 0.6 is 0 Å². The van der Waals surface area contributed by atoms with Crippen molar-refractivity contribution in [2.24, 2.45) is 11.7 Å². The molecular weight excluding hydrogens is 172 g/mol. The lowest BCUT2D eigenvalue weighted by Crippen LogP contribution is -2.16. The summed E-state index contributed by atoms with van der Waals surface area (Å²) in [6, 6.07) is 0. The molecule has 0 saturated carbocycles. The third kappa shape index (κ3) is 3.04. The number of rotatable bonds is 2. The normalized spacial score (nSPS) is 32.4. The lowest BCUT2D eigenvalue weighted by atomic mass is 9.96. The third-order valence-electron chi connectivity index (χ3n) is 2.58. The van der Waals surface area contributed by atoms with Gasteiger partial charge in [-0.1, -0.05) is 31.2 Å². The van der Waals surface area contributed by atoms with E-state index in [-0.39, 0.29) is 0 Å². The van der Waals surface area contributed by atoms with Gasteiger partial charge in [-0.05, 0) is 31.4 Å². The molecule has 0 aromatic heterocycles. The van der Waals surface area contributed by atoms with E-state index in [2.05, 4.69) is 43.5 Å². The Labute approximate surface area is 86.6 Å². The molecule has 1 unspecified atom stereocenters. The molecule has 3 N–H and O–H groups in total. The van der Waals surface area contributed by atoms with Crippen molar-refractivity contribution in [3.63, 3.8) is 0 Å². The van der Waals surface area contributed by atoms with Crippen LogP contribution in [-0.2, 0) is 0 Å². The molecule has 1 rings (SSSR count). The molecule has 0 bridgehead atoms. The highest BCUT2D eigenvalue weighted by molar-refractivity contribution is 5.22. The van der Waals surface area contributed by atoms with Crippen molar-refractivity contribution in [1.29, 1.82) is 0 Å². The minimum absolute atomic E-state index is 0.480. The van der Waals surface area contributed by atoms with E-state index in [0.717, 1.165) is 19.5 Å². The van der Waals surface area contributed by atoms with Crippen molar-refractivity contribution in [3.8, 4) is 0 Å². The zero-order chi connectivity index (χ0) is 10.4. The summed E-state index contributed by atoms with van der Waals surface area (Å²) in [6.45, 7) is 5.97. The molecule has 0 aromatic carbocycles. The van der Waals surface area contributed by atoms with Crippen molar-refractivity contribution in [2.45, 2.75) is 20.3 Å². The topological polar surface area (TPSA) is 38.0 Å². The molecule has 1 atom stereocenters. The van der Waals surface area contributed by atoms with Crippen LogP contribution in [0.15, 0.2) is 35.6 Å². The first-order valence-electron chi connectivity index (χ1n) is 5.22. The third-order valence-corrected chi connectivity index (χ3v) is 2.58. The largest absolute Gasteiger partial charge is 0.385 e. The van der Waals surface area contributed by atoms with Gasteiger partial charge in [0, 0.05) is 12.2 Å². The van der Waals surface area contributed by atoms with Gasteiger partial charge in [-0.15, -0.1) is 0 Å². The van der Waals surface area contributed by atoms with Gasteiger partial charge in [0.05, 0.1) is 0 Å². The van der Waals surface area contributed by atoms with Crippen molar-refractivity contribution in [3.05, 3.63) is 35.6 Å². The number of nitrogens with two attached hydrogens (primary N) is 1. The van der Waals surface area contributed by atoms with E-state index in [1.807, 2.05) is 0 Å². The predicted molar refractivity (Wildman–Crippen MR) is 61.8 cm³/mol. The Kier molecular flexibility index (Phi) is 4.47. The molecule has 14 heavy (non-hydrogen) atoms. The standard InChI is InChI=1S/C12H20N2/c1-10-6-4-3-5-9-14-11(2)12(10)7-8-13/h3-6,10,14H,7-9,13H2,1-2H3/b5-3-,6-4-,12-11-. The fourth-order valence-corrected chi connectivity index (χ4v) is 1.73. The summed E-state index contributed by atoms with van der Waals surface area (Å²) in [6.07, 6.45) is 9.52. The van der Waals surface area contributed by atoms with E-state index in [9.17, 15) is 0 Å². The van der Waals surface area contributed by atoms with Gasteiger partial charge in [-0.3, -0.25) is 0 Å². The maximum Gasteiger partial charge on any atom is 0.0330 e. The maximum absolute atomic E-state index is 5.61. The zero-order valence-corrected chi connectivity index (χ0v) is 9.09. The second-order valence-corrected chi connectivity index (χ2v) is 3.67. The Morgan fingerprint density at radius 3 is 3.00 bits per heavy atom. The summed E-state index contributed by atoms with van der Waals surface area (Å²) in [4.78, 5) is 0. The lowest BCUT2D eigenvalue weighted by molar-refractivity contribution is 0.733. The van der Waals surface area contributed by atoms with Crippen molar-refractivity contribution >= 4 is 0 Å². The highest BCUT2D eigenvalue weighted by atomic mass is 14.9. The maximum atomic E-state index is 5.61. The summed E-state index contributed by atoms with van der Waals surface area (Å²) in [5.41, 5.74) is 8.31. The van der Waals surface area contributed by atoms with E-state index in [1.54, 1.807) is 0 Å². The van der Waals surface area contributed by atoms with Crippen molar-refractivity contribution in [1.82, 2.24) is 5.32 Å². The molecule has 78 valence electrons. The lowest BCUT2D eigenvalue weighted by Gasteiger charge is -2.16. The Balaban J connectivity index is 2.85. The molecule has 1 aliphatic heterocycles. The molecule has 0 amide bonds. The molecule has 0 aromatic rings. The van der Waals surface area contributed by atoms with Crippen LogP contribution in [-0.4, -0.2) is 13.1 Å². The van der Waals surface area contributed by atoms with Gasteiger partial charge in [0.1, 0.15) is 0 Å². The Hall–Kier alpha value is -1.02. The summed E-state index contributed by atoms with van der Waals surface area (Å²) in [7, 11) is 0. The van der Waals surface area contributed by atoms with Gasteiger partial charge in [0.25, 0.3) is 0 Å². The van der Waals surface area contributed by atoms with Gasteiger partial charge < -0.3 is 11.1 Å². The van der Waals surface area contributed by atoms with Crippen LogP contribution in [0.5, 0.6) is 0 Å². The van der Waals surface area contributed by atoms with E-state index in [1.165, 1.54) is 11.3 Å². The molecule has 2 nitrogen and oxygen atoms in total. The van der Waals surface area contributed by atoms with Gasteiger partial charge in [0.2, 0.25) is 0 Å². The first-order chi connectivity index (χ1) is 6.75. The fraction of sp³-hybridized carbons (Fsp3) is 0.500. The zero-order valence-electron chi connectivity index (χ0n) is 9.09. The van der Waals surface area contributed by atoms with E-state index < -0.39 is 0 Å².